The van der Waals surface area contributed by atoms with Gasteiger partial charge in [-0.3, -0.25) is 4.79 Å². The topological polar surface area (TPSA) is 59.0 Å². The van der Waals surface area contributed by atoms with Crippen molar-refractivity contribution in [2.24, 2.45) is 0 Å². The number of hydrogen-bond donors (Lipinski definition) is 1. The number of aliphatic hydroxyl groups is 1. The molecule has 1 N–H and O–H groups in total. The molecule has 0 radical (unpaired) electrons. The molecular formula is C23H35NO4. The van der Waals surface area contributed by atoms with Crippen LogP contribution < -0.4 is 9.64 Å². The van der Waals surface area contributed by atoms with E-state index in [1.165, 1.54) is 27.9 Å². The normalized spacial score (nSPS) is 23.4. The van der Waals surface area contributed by atoms with E-state index in [4.69, 9.17) is 9.47 Å². The van der Waals surface area contributed by atoms with Crippen LogP contribution in [-0.4, -0.2) is 43.0 Å². The summed E-state index contributed by atoms with van der Waals surface area (Å²) in [5.41, 5.74) is 6.23. The third-order valence-corrected chi connectivity index (χ3v) is 5.89. The van der Waals surface area contributed by atoms with Crippen molar-refractivity contribution in [3.05, 3.63) is 22.3 Å². The van der Waals surface area contributed by atoms with Gasteiger partial charge in [0.1, 0.15) is 17.5 Å². The van der Waals surface area contributed by atoms with Crippen LogP contribution in [0.2, 0.25) is 0 Å². The maximum Gasteiger partial charge on any atom is 0.308 e. The van der Waals surface area contributed by atoms with Crippen LogP contribution in [0.1, 0.15) is 75.1 Å². The SMILES string of the molecule is Cc1c2c(c(CCC3CC(O)CC(=O)O3)c(C(C)C)c1N(C)C)OC(C)(C)C2. The highest BCUT2D eigenvalue weighted by molar-refractivity contribution is 5.72. The molecule has 2 aliphatic heterocycles. The predicted octanol–water partition coefficient (Wildman–Crippen LogP) is 3.90. The fraction of sp³-hybridized carbons (Fsp3) is 0.696. The predicted molar refractivity (Wildman–Crippen MR) is 111 cm³/mol. The zero-order valence-corrected chi connectivity index (χ0v) is 18.4. The molecule has 2 heterocycles. The van der Waals surface area contributed by atoms with Gasteiger partial charge in [-0.1, -0.05) is 13.8 Å². The van der Waals surface area contributed by atoms with E-state index < -0.39 is 6.10 Å². The molecule has 2 aliphatic rings. The first-order chi connectivity index (χ1) is 13.0. The maximum atomic E-state index is 11.7. The quantitative estimate of drug-likeness (QED) is 0.774. The lowest BCUT2D eigenvalue weighted by Crippen LogP contribution is -2.33. The van der Waals surface area contributed by atoms with E-state index in [0.717, 1.165) is 18.6 Å². The Bertz CT molecular complexity index is 767. The van der Waals surface area contributed by atoms with Crippen molar-refractivity contribution in [3.63, 3.8) is 0 Å². The van der Waals surface area contributed by atoms with Crippen molar-refractivity contribution in [1.29, 1.82) is 0 Å². The first kappa shape index (κ1) is 21.0. The molecule has 156 valence electrons. The minimum atomic E-state index is -0.591. The Hall–Kier alpha value is -1.75. The number of fused-ring (bicyclic) bond motifs is 1. The fourth-order valence-electron chi connectivity index (χ4n) is 4.83. The number of carbonyl (C=O) groups is 1. The Morgan fingerprint density at radius 1 is 1.29 bits per heavy atom. The van der Waals surface area contributed by atoms with Gasteiger partial charge in [-0.05, 0) is 50.7 Å². The van der Waals surface area contributed by atoms with Crippen molar-refractivity contribution in [3.8, 4) is 5.75 Å². The van der Waals surface area contributed by atoms with Crippen molar-refractivity contribution in [2.45, 2.75) is 90.4 Å². The first-order valence-corrected chi connectivity index (χ1v) is 10.4. The van der Waals surface area contributed by atoms with E-state index in [1.807, 2.05) is 0 Å². The van der Waals surface area contributed by atoms with Crippen LogP contribution in [0.15, 0.2) is 0 Å². The number of hydrogen-bond acceptors (Lipinski definition) is 5. The zero-order chi connectivity index (χ0) is 20.8. The van der Waals surface area contributed by atoms with Crippen LogP contribution in [0.25, 0.3) is 0 Å². The summed E-state index contributed by atoms with van der Waals surface area (Å²) in [5, 5.41) is 9.93. The molecule has 0 saturated carbocycles. The van der Waals surface area contributed by atoms with Gasteiger partial charge in [0.25, 0.3) is 0 Å². The Kier molecular flexibility index (Phi) is 5.68. The molecule has 2 unspecified atom stereocenters. The second-order valence-corrected chi connectivity index (χ2v) is 9.51. The molecule has 2 atom stereocenters. The number of cyclic esters (lactones) is 1. The van der Waals surface area contributed by atoms with E-state index >= 15 is 0 Å². The van der Waals surface area contributed by atoms with Gasteiger partial charge in [-0.25, -0.2) is 0 Å². The highest BCUT2D eigenvalue weighted by Gasteiger charge is 2.37. The van der Waals surface area contributed by atoms with Gasteiger partial charge in [0.2, 0.25) is 0 Å². The van der Waals surface area contributed by atoms with Crippen molar-refractivity contribution in [2.75, 3.05) is 19.0 Å². The molecule has 28 heavy (non-hydrogen) atoms. The summed E-state index contributed by atoms with van der Waals surface area (Å²) in [6.45, 7) is 10.9. The molecule has 0 aromatic heterocycles. The molecule has 3 rings (SSSR count). The summed E-state index contributed by atoms with van der Waals surface area (Å²) >= 11 is 0. The Morgan fingerprint density at radius 3 is 2.54 bits per heavy atom. The molecule has 0 bridgehead atoms. The first-order valence-electron chi connectivity index (χ1n) is 10.4. The van der Waals surface area contributed by atoms with Gasteiger partial charge in [0, 0.05) is 43.8 Å². The van der Waals surface area contributed by atoms with Gasteiger partial charge in [-0.2, -0.15) is 0 Å². The number of nitrogens with zero attached hydrogens (tertiary/aromatic N) is 1. The lowest BCUT2D eigenvalue weighted by atomic mass is 9.84. The van der Waals surface area contributed by atoms with Gasteiger partial charge >= 0.3 is 5.97 Å². The average molecular weight is 390 g/mol. The smallest absolute Gasteiger partial charge is 0.308 e. The van der Waals surface area contributed by atoms with Crippen LogP contribution in [0.3, 0.4) is 0 Å². The van der Waals surface area contributed by atoms with Crippen molar-refractivity contribution < 1.29 is 19.4 Å². The Balaban J connectivity index is 2.02. The summed E-state index contributed by atoms with van der Waals surface area (Å²) in [6.07, 6.45) is 2.18. The molecule has 1 aromatic carbocycles. The van der Waals surface area contributed by atoms with Crippen molar-refractivity contribution in [1.82, 2.24) is 0 Å². The van der Waals surface area contributed by atoms with Gasteiger partial charge in [0.15, 0.2) is 0 Å². The lowest BCUT2D eigenvalue weighted by molar-refractivity contribution is -0.160. The summed E-state index contributed by atoms with van der Waals surface area (Å²) in [4.78, 5) is 13.9. The second-order valence-electron chi connectivity index (χ2n) is 9.51. The summed E-state index contributed by atoms with van der Waals surface area (Å²) in [7, 11) is 4.20. The summed E-state index contributed by atoms with van der Waals surface area (Å²) < 4.78 is 11.9. The van der Waals surface area contributed by atoms with Crippen LogP contribution in [0, 0.1) is 6.92 Å². The molecule has 1 fully saturated rings. The molecule has 5 heteroatoms. The van der Waals surface area contributed by atoms with E-state index in [-0.39, 0.29) is 24.1 Å². The zero-order valence-electron chi connectivity index (χ0n) is 18.4. The molecule has 1 saturated heterocycles. The Labute approximate surface area is 169 Å². The number of carbonyl (C=O) groups excluding carboxylic acids is 1. The van der Waals surface area contributed by atoms with Crippen molar-refractivity contribution >= 4 is 11.7 Å². The summed E-state index contributed by atoms with van der Waals surface area (Å²) in [5.74, 6) is 1.08. The average Bonchev–Trinajstić information content (AvgIpc) is 2.88. The lowest BCUT2D eigenvalue weighted by Gasteiger charge is -2.30. The number of aliphatic hydroxyl groups excluding tert-OH is 1. The summed E-state index contributed by atoms with van der Waals surface area (Å²) in [6, 6.07) is 0. The number of rotatable bonds is 5. The fourth-order valence-corrected chi connectivity index (χ4v) is 4.83. The maximum absolute atomic E-state index is 11.7. The minimum absolute atomic E-state index is 0.107. The number of esters is 1. The van der Waals surface area contributed by atoms with Crippen LogP contribution in [0.5, 0.6) is 5.75 Å². The largest absolute Gasteiger partial charge is 0.487 e. The molecule has 0 amide bonds. The number of ether oxygens (including phenoxy) is 2. The highest BCUT2D eigenvalue weighted by atomic mass is 16.5. The third-order valence-electron chi connectivity index (χ3n) is 5.89. The van der Waals surface area contributed by atoms with E-state index in [0.29, 0.717) is 18.8 Å². The van der Waals surface area contributed by atoms with Crippen LogP contribution in [0.4, 0.5) is 5.69 Å². The third kappa shape index (κ3) is 4.00. The number of anilines is 1. The standard InChI is InChI=1S/C23H35NO4/c1-13(2)20-17(9-8-16-10-15(25)11-19(26)27-16)22-18(12-23(4,5)28-22)14(3)21(20)24(6)7/h13,15-16,25H,8-12H2,1-7H3. The second kappa shape index (κ2) is 7.58. The van der Waals surface area contributed by atoms with E-state index in [1.54, 1.807) is 0 Å². The highest BCUT2D eigenvalue weighted by Crippen LogP contribution is 2.48. The Morgan fingerprint density at radius 2 is 1.96 bits per heavy atom. The van der Waals surface area contributed by atoms with E-state index in [2.05, 4.69) is 53.6 Å². The monoisotopic (exact) mass is 389 g/mol. The molecule has 0 aliphatic carbocycles. The molecular weight excluding hydrogens is 354 g/mol. The minimum Gasteiger partial charge on any atom is -0.487 e. The molecule has 5 nitrogen and oxygen atoms in total. The van der Waals surface area contributed by atoms with Crippen LogP contribution in [-0.2, 0) is 22.4 Å². The van der Waals surface area contributed by atoms with Gasteiger partial charge in [-0.15, -0.1) is 0 Å². The van der Waals surface area contributed by atoms with E-state index in [9.17, 15) is 9.90 Å². The number of benzene rings is 1. The molecule has 0 spiro atoms. The van der Waals surface area contributed by atoms with Gasteiger partial charge in [0.05, 0.1) is 12.5 Å². The molecule has 1 aromatic rings. The van der Waals surface area contributed by atoms with Gasteiger partial charge < -0.3 is 19.5 Å². The van der Waals surface area contributed by atoms with Crippen LogP contribution >= 0.6 is 0 Å².